The summed E-state index contributed by atoms with van der Waals surface area (Å²) in [5.41, 5.74) is 6.78. The van der Waals surface area contributed by atoms with Gasteiger partial charge < -0.3 is 20.1 Å². The fraction of sp³-hybridized carbons (Fsp3) is 0.0556. The van der Waals surface area contributed by atoms with Crippen molar-refractivity contribution < 1.29 is 9.47 Å². The Bertz CT molecular complexity index is 2290. The predicted octanol–water partition coefficient (Wildman–Crippen LogP) is 8.07. The highest BCUT2D eigenvalue weighted by Crippen LogP contribution is 2.53. The van der Waals surface area contributed by atoms with E-state index in [1.807, 2.05) is 98.8 Å². The second-order valence-electron chi connectivity index (χ2n) is 10.5. The molecule has 2 heterocycles. The molecule has 2 N–H and O–H groups in total. The average Bonchev–Trinajstić information content (AvgIpc) is 3.66. The van der Waals surface area contributed by atoms with Gasteiger partial charge in [0.25, 0.3) is 0 Å². The van der Waals surface area contributed by atoms with Crippen LogP contribution in [0, 0.1) is 59.2 Å². The van der Waals surface area contributed by atoms with Gasteiger partial charge in [-0.05, 0) is 58.8 Å². The number of fused-ring (bicyclic) bond motifs is 6. The summed E-state index contributed by atoms with van der Waals surface area (Å²) in [6.07, 6.45) is 0. The quantitative estimate of drug-likeness (QED) is 0.161. The molecule has 7 rings (SSSR count). The molecule has 206 valence electrons. The van der Waals surface area contributed by atoms with Crippen molar-refractivity contribution in [2.75, 3.05) is 10.6 Å². The number of benzene rings is 5. The minimum absolute atomic E-state index is 0.0695. The van der Waals surface area contributed by atoms with Crippen LogP contribution in [0.4, 0.5) is 11.4 Å². The minimum atomic E-state index is -0.171. The number of anilines is 2. The topological polar surface area (TPSA) is 138 Å². The lowest BCUT2D eigenvalue weighted by Gasteiger charge is -2.17. The maximum Gasteiger partial charge on any atom is 0.226 e. The largest absolute Gasteiger partial charge is 0.437 e. The molecule has 0 saturated heterocycles. The Labute approximate surface area is 252 Å². The number of hydrogen-bond acceptors (Lipinski definition) is 8. The molecule has 0 spiro atoms. The summed E-state index contributed by atoms with van der Waals surface area (Å²) in [7, 11) is 0. The Morgan fingerprint density at radius 1 is 0.568 bits per heavy atom. The molecule has 0 bridgehead atoms. The van der Waals surface area contributed by atoms with Crippen LogP contribution in [0.3, 0.4) is 0 Å². The Morgan fingerprint density at radius 2 is 1.07 bits per heavy atom. The lowest BCUT2D eigenvalue weighted by atomic mass is 9.89. The number of ether oxygens (including phenoxy) is 2. The van der Waals surface area contributed by atoms with E-state index in [4.69, 9.17) is 9.47 Å². The fourth-order valence-corrected chi connectivity index (χ4v) is 5.73. The first kappa shape index (κ1) is 26.2. The highest BCUT2D eigenvalue weighted by Gasteiger charge is 2.30. The average molecular weight is 569 g/mol. The standard InChI is InChI=1S/C36H20N6O2/c1-19-3-7-21(8-4-19)27-13-29-34(42-36(43-29)24(17-39)18-40)32-25(27)11-12-26-28(32)14-30-33(41-35(44-30)23(15-37)16-38)31(26)22-9-5-20(2)6-10-22/h3-14,41-42H,1-2H3. The van der Waals surface area contributed by atoms with Crippen molar-refractivity contribution in [2.24, 2.45) is 0 Å². The Balaban J connectivity index is 1.62. The van der Waals surface area contributed by atoms with Crippen molar-refractivity contribution >= 4 is 32.9 Å². The van der Waals surface area contributed by atoms with E-state index in [9.17, 15) is 21.0 Å². The van der Waals surface area contributed by atoms with E-state index in [-0.39, 0.29) is 22.9 Å². The van der Waals surface area contributed by atoms with Gasteiger partial charge >= 0.3 is 0 Å². The van der Waals surface area contributed by atoms with Gasteiger partial charge in [0.2, 0.25) is 11.8 Å². The smallest absolute Gasteiger partial charge is 0.226 e. The van der Waals surface area contributed by atoms with E-state index in [0.29, 0.717) is 22.9 Å². The first-order valence-corrected chi connectivity index (χ1v) is 13.7. The van der Waals surface area contributed by atoms with Crippen LogP contribution < -0.4 is 20.1 Å². The van der Waals surface area contributed by atoms with Gasteiger partial charge in [0.15, 0.2) is 22.6 Å². The van der Waals surface area contributed by atoms with Crippen LogP contribution in [0.5, 0.6) is 11.5 Å². The molecule has 5 aromatic carbocycles. The van der Waals surface area contributed by atoms with Gasteiger partial charge in [0.1, 0.15) is 24.3 Å². The molecule has 2 aliphatic heterocycles. The van der Waals surface area contributed by atoms with E-state index < -0.39 is 0 Å². The van der Waals surface area contributed by atoms with Crippen LogP contribution in [-0.4, -0.2) is 0 Å². The first-order chi connectivity index (χ1) is 21.4. The summed E-state index contributed by atoms with van der Waals surface area (Å²) in [6, 6.07) is 31.8. The molecule has 8 heteroatoms. The third-order valence-corrected chi connectivity index (χ3v) is 7.85. The molecule has 44 heavy (non-hydrogen) atoms. The minimum Gasteiger partial charge on any atom is -0.437 e. The summed E-state index contributed by atoms with van der Waals surface area (Å²) in [5, 5.41) is 48.1. The normalized spacial score (nSPS) is 12.4. The number of nitrogens with one attached hydrogen (secondary N) is 2. The molecule has 0 aromatic heterocycles. The predicted molar refractivity (Wildman–Crippen MR) is 167 cm³/mol. The summed E-state index contributed by atoms with van der Waals surface area (Å²) >= 11 is 0. The first-order valence-electron chi connectivity index (χ1n) is 13.7. The van der Waals surface area contributed by atoms with E-state index in [1.165, 1.54) is 0 Å². The molecule has 0 aliphatic carbocycles. The van der Waals surface area contributed by atoms with Gasteiger partial charge in [-0.3, -0.25) is 0 Å². The molecule has 2 aliphatic rings. The second-order valence-corrected chi connectivity index (χ2v) is 10.5. The SMILES string of the molecule is Cc1ccc(-c2c3c(cc4c2ccc2c(-c5ccc(C)cc5)cc5c(c24)NC(=C(C#N)C#N)O5)OC(=C(C#N)C#N)N3)cc1. The fourth-order valence-electron chi connectivity index (χ4n) is 5.73. The van der Waals surface area contributed by atoms with Crippen molar-refractivity contribution in [1.29, 1.82) is 21.0 Å². The molecule has 0 amide bonds. The summed E-state index contributed by atoms with van der Waals surface area (Å²) in [5.74, 6) is 1.08. The number of allylic oxidation sites excluding steroid dienone is 2. The number of hydrogen-bond donors (Lipinski definition) is 2. The lowest BCUT2D eigenvalue weighted by molar-refractivity contribution is 0.455. The zero-order valence-corrected chi connectivity index (χ0v) is 23.5. The molecule has 0 atom stereocenters. The molecule has 5 aromatic rings. The maximum atomic E-state index is 9.58. The van der Waals surface area contributed by atoms with Crippen LogP contribution in [0.15, 0.2) is 95.7 Å². The van der Waals surface area contributed by atoms with Gasteiger partial charge in [0, 0.05) is 10.9 Å². The molecular weight excluding hydrogens is 548 g/mol. The van der Waals surface area contributed by atoms with Gasteiger partial charge in [-0.25, -0.2) is 0 Å². The Kier molecular flexibility index (Phi) is 5.93. The number of rotatable bonds is 2. The van der Waals surface area contributed by atoms with Crippen LogP contribution in [0.2, 0.25) is 0 Å². The van der Waals surface area contributed by atoms with E-state index in [1.54, 1.807) is 0 Å². The Morgan fingerprint density at radius 3 is 1.64 bits per heavy atom. The summed E-state index contributed by atoms with van der Waals surface area (Å²) in [4.78, 5) is 0. The highest BCUT2D eigenvalue weighted by atomic mass is 16.5. The molecule has 0 radical (unpaired) electrons. The Hall–Kier alpha value is -6.74. The number of nitriles is 4. The van der Waals surface area contributed by atoms with E-state index in [2.05, 4.69) is 22.8 Å². The lowest BCUT2D eigenvalue weighted by Crippen LogP contribution is -2.01. The van der Waals surface area contributed by atoms with Crippen molar-refractivity contribution in [3.63, 3.8) is 0 Å². The van der Waals surface area contributed by atoms with Crippen LogP contribution in [0.25, 0.3) is 43.8 Å². The zero-order chi connectivity index (χ0) is 30.5. The summed E-state index contributed by atoms with van der Waals surface area (Å²) < 4.78 is 12.2. The molecule has 0 saturated carbocycles. The maximum absolute atomic E-state index is 9.58. The monoisotopic (exact) mass is 568 g/mol. The highest BCUT2D eigenvalue weighted by molar-refractivity contribution is 6.23. The third kappa shape index (κ3) is 3.96. The van der Waals surface area contributed by atoms with Gasteiger partial charge in [-0.2, -0.15) is 21.0 Å². The van der Waals surface area contributed by atoms with Gasteiger partial charge in [0.05, 0.1) is 11.4 Å². The molecule has 0 unspecified atom stereocenters. The van der Waals surface area contributed by atoms with Crippen molar-refractivity contribution in [3.8, 4) is 58.0 Å². The van der Waals surface area contributed by atoms with E-state index >= 15 is 0 Å². The second kappa shape index (κ2) is 9.97. The third-order valence-electron chi connectivity index (χ3n) is 7.85. The van der Waals surface area contributed by atoms with Crippen LogP contribution in [-0.2, 0) is 0 Å². The zero-order valence-electron chi connectivity index (χ0n) is 23.5. The number of aryl methyl sites for hydroxylation is 2. The molecule has 0 fully saturated rings. The van der Waals surface area contributed by atoms with Crippen LogP contribution >= 0.6 is 0 Å². The molecule has 8 nitrogen and oxygen atoms in total. The summed E-state index contributed by atoms with van der Waals surface area (Å²) in [6.45, 7) is 4.05. The number of nitrogens with zero attached hydrogens (tertiary/aromatic N) is 4. The van der Waals surface area contributed by atoms with Crippen molar-refractivity contribution in [3.05, 3.63) is 107 Å². The molecular formula is C36H20N6O2. The van der Waals surface area contributed by atoms with Crippen molar-refractivity contribution in [1.82, 2.24) is 0 Å². The van der Waals surface area contributed by atoms with E-state index in [0.717, 1.165) is 54.9 Å². The van der Waals surface area contributed by atoms with Gasteiger partial charge in [-0.1, -0.05) is 71.8 Å². The van der Waals surface area contributed by atoms with Gasteiger partial charge in [-0.15, -0.1) is 0 Å². The van der Waals surface area contributed by atoms with Crippen molar-refractivity contribution in [2.45, 2.75) is 13.8 Å². The van der Waals surface area contributed by atoms with Crippen LogP contribution in [0.1, 0.15) is 11.1 Å².